The van der Waals surface area contributed by atoms with Crippen LogP contribution in [0.5, 0.6) is 0 Å². The van der Waals surface area contributed by atoms with E-state index in [-0.39, 0.29) is 17.8 Å². The summed E-state index contributed by atoms with van der Waals surface area (Å²) in [6, 6.07) is 0. The van der Waals surface area contributed by atoms with Crippen molar-refractivity contribution in [1.82, 2.24) is 10.6 Å². The smallest absolute Gasteiger partial charge is 0.226 e. The molecule has 1 saturated carbocycles. The first-order chi connectivity index (χ1) is 8.10. The van der Waals surface area contributed by atoms with Crippen LogP contribution in [0.3, 0.4) is 0 Å². The van der Waals surface area contributed by atoms with Crippen LogP contribution in [0.4, 0.5) is 0 Å². The maximum atomic E-state index is 12.2. The second-order valence-electron chi connectivity index (χ2n) is 6.23. The lowest BCUT2D eigenvalue weighted by molar-refractivity contribution is -0.136. The Morgan fingerprint density at radius 2 is 1.83 bits per heavy atom. The number of halogens is 1. The minimum absolute atomic E-state index is 0. The molecule has 106 valence electrons. The number of rotatable bonds is 4. The maximum absolute atomic E-state index is 12.2. The van der Waals surface area contributed by atoms with Gasteiger partial charge in [-0.1, -0.05) is 20.3 Å². The molecular weight excluding hydrogens is 248 g/mol. The third kappa shape index (κ3) is 3.18. The van der Waals surface area contributed by atoms with Gasteiger partial charge in [-0.2, -0.15) is 0 Å². The van der Waals surface area contributed by atoms with Gasteiger partial charge in [0, 0.05) is 12.0 Å². The number of carbonyl (C=O) groups excluding carboxylic acids is 1. The van der Waals surface area contributed by atoms with E-state index in [4.69, 9.17) is 0 Å². The first kappa shape index (κ1) is 15.8. The monoisotopic (exact) mass is 274 g/mol. The Morgan fingerprint density at radius 1 is 1.22 bits per heavy atom. The fourth-order valence-electron chi connectivity index (χ4n) is 3.03. The largest absolute Gasteiger partial charge is 0.355 e. The highest BCUT2D eigenvalue weighted by molar-refractivity contribution is 5.85. The SMILES string of the molecule is CCC1(C(=O)NCC2(C)CCNCC2)CCC1.Cl. The average Bonchev–Trinajstić information content (AvgIpc) is 2.27. The highest BCUT2D eigenvalue weighted by Crippen LogP contribution is 2.44. The van der Waals surface area contributed by atoms with Gasteiger partial charge in [0.1, 0.15) is 0 Å². The van der Waals surface area contributed by atoms with Gasteiger partial charge >= 0.3 is 0 Å². The van der Waals surface area contributed by atoms with Crippen LogP contribution in [0, 0.1) is 10.8 Å². The Morgan fingerprint density at radius 3 is 2.28 bits per heavy atom. The van der Waals surface area contributed by atoms with Crippen molar-refractivity contribution < 1.29 is 4.79 Å². The van der Waals surface area contributed by atoms with Crippen molar-refractivity contribution in [2.75, 3.05) is 19.6 Å². The molecule has 2 aliphatic rings. The van der Waals surface area contributed by atoms with E-state index in [1.807, 2.05) is 0 Å². The predicted octanol–water partition coefficient (Wildman–Crippen LogP) is 2.49. The molecule has 2 N–H and O–H groups in total. The molecule has 2 rings (SSSR count). The van der Waals surface area contributed by atoms with E-state index in [9.17, 15) is 4.79 Å². The molecule has 4 heteroatoms. The van der Waals surface area contributed by atoms with Crippen LogP contribution in [0.25, 0.3) is 0 Å². The maximum Gasteiger partial charge on any atom is 0.226 e. The third-order valence-corrected chi connectivity index (χ3v) is 4.96. The van der Waals surface area contributed by atoms with Crippen LogP contribution in [-0.4, -0.2) is 25.5 Å². The summed E-state index contributed by atoms with van der Waals surface area (Å²) in [5.74, 6) is 0.311. The number of hydrogen-bond donors (Lipinski definition) is 2. The predicted molar refractivity (Wildman–Crippen MR) is 77.0 cm³/mol. The molecule has 0 spiro atoms. The summed E-state index contributed by atoms with van der Waals surface area (Å²) >= 11 is 0. The van der Waals surface area contributed by atoms with Crippen LogP contribution in [0.2, 0.25) is 0 Å². The van der Waals surface area contributed by atoms with Gasteiger partial charge in [-0.25, -0.2) is 0 Å². The molecule has 1 aliphatic heterocycles. The zero-order valence-corrected chi connectivity index (χ0v) is 12.5. The zero-order valence-electron chi connectivity index (χ0n) is 11.7. The van der Waals surface area contributed by atoms with E-state index in [0.717, 1.165) is 38.9 Å². The zero-order chi connectivity index (χ0) is 12.4. The van der Waals surface area contributed by atoms with E-state index in [1.165, 1.54) is 19.3 Å². The molecule has 0 bridgehead atoms. The summed E-state index contributed by atoms with van der Waals surface area (Å²) in [4.78, 5) is 12.2. The van der Waals surface area contributed by atoms with Gasteiger partial charge in [0.05, 0.1) is 0 Å². The van der Waals surface area contributed by atoms with Gasteiger partial charge in [0.25, 0.3) is 0 Å². The summed E-state index contributed by atoms with van der Waals surface area (Å²) in [5, 5.41) is 6.60. The molecule has 0 atom stereocenters. The summed E-state index contributed by atoms with van der Waals surface area (Å²) < 4.78 is 0. The van der Waals surface area contributed by atoms with Crippen molar-refractivity contribution in [3.05, 3.63) is 0 Å². The van der Waals surface area contributed by atoms with E-state index in [1.54, 1.807) is 0 Å². The van der Waals surface area contributed by atoms with Gasteiger partial charge in [-0.15, -0.1) is 12.4 Å². The highest BCUT2D eigenvalue weighted by Gasteiger charge is 2.42. The van der Waals surface area contributed by atoms with E-state index in [0.29, 0.717) is 11.3 Å². The van der Waals surface area contributed by atoms with Crippen molar-refractivity contribution in [1.29, 1.82) is 0 Å². The summed E-state index contributed by atoms with van der Waals surface area (Å²) in [6.45, 7) is 7.48. The lowest BCUT2D eigenvalue weighted by Gasteiger charge is -2.41. The van der Waals surface area contributed by atoms with Crippen LogP contribution in [0.1, 0.15) is 52.4 Å². The van der Waals surface area contributed by atoms with Gasteiger partial charge in [-0.05, 0) is 50.6 Å². The Bertz CT molecular complexity index is 278. The van der Waals surface area contributed by atoms with Crippen LogP contribution < -0.4 is 10.6 Å². The molecule has 0 radical (unpaired) electrons. The number of amides is 1. The molecule has 1 aliphatic carbocycles. The molecule has 1 saturated heterocycles. The molecule has 0 aromatic rings. The van der Waals surface area contributed by atoms with E-state index in [2.05, 4.69) is 24.5 Å². The van der Waals surface area contributed by atoms with Gasteiger partial charge in [0.2, 0.25) is 5.91 Å². The van der Waals surface area contributed by atoms with E-state index < -0.39 is 0 Å². The first-order valence-electron chi connectivity index (χ1n) is 7.09. The molecule has 0 aromatic carbocycles. The van der Waals surface area contributed by atoms with Crippen LogP contribution >= 0.6 is 12.4 Å². The van der Waals surface area contributed by atoms with Gasteiger partial charge in [-0.3, -0.25) is 4.79 Å². The van der Waals surface area contributed by atoms with E-state index >= 15 is 0 Å². The minimum atomic E-state index is -0.0106. The minimum Gasteiger partial charge on any atom is -0.355 e. The molecule has 2 fully saturated rings. The molecule has 18 heavy (non-hydrogen) atoms. The van der Waals surface area contributed by atoms with Crippen LogP contribution in [0.15, 0.2) is 0 Å². The number of carbonyl (C=O) groups is 1. The average molecular weight is 275 g/mol. The normalized spacial score (nSPS) is 24.6. The summed E-state index contributed by atoms with van der Waals surface area (Å²) in [5.41, 5.74) is 0.295. The second kappa shape index (κ2) is 6.25. The fourth-order valence-corrected chi connectivity index (χ4v) is 3.03. The Kier molecular flexibility index (Phi) is 5.47. The van der Waals surface area contributed by atoms with Gasteiger partial charge in [0.15, 0.2) is 0 Å². The molecular formula is C14H27ClN2O. The number of hydrogen-bond acceptors (Lipinski definition) is 2. The fraction of sp³-hybridized carbons (Fsp3) is 0.929. The second-order valence-corrected chi connectivity index (χ2v) is 6.23. The first-order valence-corrected chi connectivity index (χ1v) is 7.09. The van der Waals surface area contributed by atoms with Crippen molar-refractivity contribution in [3.63, 3.8) is 0 Å². The van der Waals surface area contributed by atoms with Crippen LogP contribution in [-0.2, 0) is 4.79 Å². The lowest BCUT2D eigenvalue weighted by Crippen LogP contribution is -2.49. The third-order valence-electron chi connectivity index (χ3n) is 4.96. The lowest BCUT2D eigenvalue weighted by atomic mass is 9.66. The highest BCUT2D eigenvalue weighted by atomic mass is 35.5. The Balaban J connectivity index is 0.00000162. The summed E-state index contributed by atoms with van der Waals surface area (Å²) in [7, 11) is 0. The molecule has 0 aromatic heterocycles. The summed E-state index contributed by atoms with van der Waals surface area (Å²) in [6.07, 6.45) is 6.75. The molecule has 3 nitrogen and oxygen atoms in total. The van der Waals surface area contributed by atoms with Crippen molar-refractivity contribution in [2.45, 2.75) is 52.4 Å². The number of nitrogens with one attached hydrogen (secondary N) is 2. The topological polar surface area (TPSA) is 41.1 Å². The standard InChI is InChI=1S/C14H26N2O.ClH/c1-3-14(5-4-6-14)12(17)16-11-13(2)7-9-15-10-8-13;/h15H,3-11H2,1-2H3,(H,16,17);1H. The Hall–Kier alpha value is -0.280. The van der Waals surface area contributed by atoms with Gasteiger partial charge < -0.3 is 10.6 Å². The molecule has 1 heterocycles. The quantitative estimate of drug-likeness (QED) is 0.827. The molecule has 0 unspecified atom stereocenters. The van der Waals surface area contributed by atoms with Crippen molar-refractivity contribution in [2.24, 2.45) is 10.8 Å². The Labute approximate surface area is 117 Å². The number of piperidine rings is 1. The van der Waals surface area contributed by atoms with Crippen molar-refractivity contribution in [3.8, 4) is 0 Å². The molecule has 1 amide bonds. The van der Waals surface area contributed by atoms with Crippen molar-refractivity contribution >= 4 is 18.3 Å².